The van der Waals surface area contributed by atoms with E-state index in [0.717, 1.165) is 39.1 Å². The second-order valence-corrected chi connectivity index (χ2v) is 7.64. The first-order valence-electron chi connectivity index (χ1n) is 9.00. The minimum Gasteiger partial charge on any atom is -0.356 e. The van der Waals surface area contributed by atoms with E-state index in [1.165, 1.54) is 0 Å². The van der Waals surface area contributed by atoms with Crippen LogP contribution in [0.5, 0.6) is 0 Å². The van der Waals surface area contributed by atoms with E-state index in [4.69, 9.17) is 23.2 Å². The Morgan fingerprint density at radius 1 is 1.19 bits per heavy atom. The standard InChI is InChI=1S/C18H24Cl2N4O2/c19-14-9-15(20)11-16(10-14)24-12-13(8-17(24)25)18(26)22-2-1-5-23-6-3-21-4-7-23/h9-11,13,21H,1-8,12H2,(H,22,26). The number of nitrogens with one attached hydrogen (secondary N) is 2. The quantitative estimate of drug-likeness (QED) is 0.716. The van der Waals surface area contributed by atoms with Gasteiger partial charge in [0.05, 0.1) is 5.92 Å². The van der Waals surface area contributed by atoms with E-state index in [1.807, 2.05) is 0 Å². The molecular weight excluding hydrogens is 375 g/mol. The van der Waals surface area contributed by atoms with Crippen LogP contribution in [0.25, 0.3) is 0 Å². The van der Waals surface area contributed by atoms with Crippen molar-refractivity contribution in [1.29, 1.82) is 0 Å². The molecule has 2 aliphatic heterocycles. The number of carbonyl (C=O) groups is 2. The molecule has 0 bridgehead atoms. The Balaban J connectivity index is 1.46. The van der Waals surface area contributed by atoms with Gasteiger partial charge in [-0.2, -0.15) is 0 Å². The third-order valence-corrected chi connectivity index (χ3v) is 5.25. The number of nitrogens with zero attached hydrogens (tertiary/aromatic N) is 2. The summed E-state index contributed by atoms with van der Waals surface area (Å²) in [5.74, 6) is -0.474. The molecule has 0 aliphatic carbocycles. The summed E-state index contributed by atoms with van der Waals surface area (Å²) in [7, 11) is 0. The lowest BCUT2D eigenvalue weighted by atomic mass is 10.1. The van der Waals surface area contributed by atoms with Crippen LogP contribution in [0.15, 0.2) is 18.2 Å². The second kappa shape index (κ2) is 9.04. The molecule has 1 unspecified atom stereocenters. The molecular formula is C18H24Cl2N4O2. The number of anilines is 1. The van der Waals surface area contributed by atoms with Gasteiger partial charge in [-0.1, -0.05) is 23.2 Å². The summed E-state index contributed by atoms with van der Waals surface area (Å²) in [6, 6.07) is 5.01. The van der Waals surface area contributed by atoms with Crippen LogP contribution in [0.2, 0.25) is 10.0 Å². The van der Waals surface area contributed by atoms with E-state index < -0.39 is 0 Å². The van der Waals surface area contributed by atoms with Crippen molar-refractivity contribution < 1.29 is 9.59 Å². The minimum atomic E-state index is -0.334. The highest BCUT2D eigenvalue weighted by molar-refractivity contribution is 6.35. The molecule has 2 amide bonds. The first-order valence-corrected chi connectivity index (χ1v) is 9.76. The van der Waals surface area contributed by atoms with Crippen molar-refractivity contribution in [3.63, 3.8) is 0 Å². The minimum absolute atomic E-state index is 0.0608. The van der Waals surface area contributed by atoms with Gasteiger partial charge in [0.1, 0.15) is 0 Å². The Labute approximate surface area is 163 Å². The molecule has 3 rings (SSSR count). The first kappa shape index (κ1) is 19.4. The van der Waals surface area contributed by atoms with E-state index >= 15 is 0 Å². The summed E-state index contributed by atoms with van der Waals surface area (Å²) in [5.41, 5.74) is 0.640. The van der Waals surface area contributed by atoms with Gasteiger partial charge in [-0.25, -0.2) is 0 Å². The zero-order chi connectivity index (χ0) is 18.5. The Morgan fingerprint density at radius 3 is 2.58 bits per heavy atom. The summed E-state index contributed by atoms with van der Waals surface area (Å²) in [6.45, 7) is 6.15. The van der Waals surface area contributed by atoms with E-state index in [2.05, 4.69) is 15.5 Å². The number of amides is 2. The maximum atomic E-state index is 12.4. The molecule has 1 atom stereocenters. The number of hydrogen-bond donors (Lipinski definition) is 2. The van der Waals surface area contributed by atoms with E-state index in [9.17, 15) is 9.59 Å². The van der Waals surface area contributed by atoms with Crippen molar-refractivity contribution >= 4 is 40.7 Å². The lowest BCUT2D eigenvalue weighted by molar-refractivity contribution is -0.126. The molecule has 2 saturated heterocycles. The molecule has 26 heavy (non-hydrogen) atoms. The molecule has 0 spiro atoms. The molecule has 1 aromatic rings. The molecule has 2 N–H and O–H groups in total. The van der Waals surface area contributed by atoms with Crippen LogP contribution >= 0.6 is 23.2 Å². The third-order valence-electron chi connectivity index (χ3n) is 4.81. The molecule has 0 aromatic heterocycles. The molecule has 0 radical (unpaired) electrons. The van der Waals surface area contributed by atoms with E-state index in [1.54, 1.807) is 23.1 Å². The molecule has 2 fully saturated rings. The third kappa shape index (κ3) is 5.10. The van der Waals surface area contributed by atoms with Crippen LogP contribution < -0.4 is 15.5 Å². The number of piperazine rings is 1. The van der Waals surface area contributed by atoms with E-state index in [-0.39, 0.29) is 24.2 Å². The van der Waals surface area contributed by atoms with Gasteiger partial charge in [0.15, 0.2) is 0 Å². The van der Waals surface area contributed by atoms with Crippen molar-refractivity contribution in [3.8, 4) is 0 Å². The maximum Gasteiger partial charge on any atom is 0.227 e. The molecule has 2 heterocycles. The molecule has 6 nitrogen and oxygen atoms in total. The predicted octanol–water partition coefficient (Wildman–Crippen LogP) is 1.76. The van der Waals surface area contributed by atoms with Crippen molar-refractivity contribution in [1.82, 2.24) is 15.5 Å². The van der Waals surface area contributed by atoms with Gasteiger partial charge in [0, 0.05) is 61.4 Å². The fourth-order valence-electron chi connectivity index (χ4n) is 3.42. The second-order valence-electron chi connectivity index (χ2n) is 6.77. The van der Waals surface area contributed by atoms with Crippen molar-refractivity contribution in [2.24, 2.45) is 5.92 Å². The number of rotatable bonds is 6. The van der Waals surface area contributed by atoms with Crippen molar-refractivity contribution in [2.75, 3.05) is 50.7 Å². The van der Waals surface area contributed by atoms with Crippen LogP contribution in [0.1, 0.15) is 12.8 Å². The monoisotopic (exact) mass is 398 g/mol. The van der Waals surface area contributed by atoms with Crippen LogP contribution in [0.4, 0.5) is 5.69 Å². The molecule has 142 valence electrons. The first-order chi connectivity index (χ1) is 12.5. The van der Waals surface area contributed by atoms with Crippen molar-refractivity contribution in [3.05, 3.63) is 28.2 Å². The van der Waals surface area contributed by atoms with Gasteiger partial charge in [-0.05, 0) is 31.2 Å². The molecule has 1 aromatic carbocycles. The van der Waals surface area contributed by atoms with Crippen LogP contribution in [-0.4, -0.2) is 62.5 Å². The fourth-order valence-corrected chi connectivity index (χ4v) is 3.94. The SMILES string of the molecule is O=C(NCCCN1CCNCC1)C1CC(=O)N(c2cc(Cl)cc(Cl)c2)C1. The smallest absolute Gasteiger partial charge is 0.227 e. The largest absolute Gasteiger partial charge is 0.356 e. The van der Waals surface area contributed by atoms with Crippen LogP contribution in [-0.2, 0) is 9.59 Å². The average Bonchev–Trinajstić information content (AvgIpc) is 3.00. The topological polar surface area (TPSA) is 64.7 Å². The fraction of sp³-hybridized carbons (Fsp3) is 0.556. The zero-order valence-corrected chi connectivity index (χ0v) is 16.2. The maximum absolute atomic E-state index is 12.4. The van der Waals surface area contributed by atoms with Crippen LogP contribution in [0, 0.1) is 5.92 Å². The van der Waals surface area contributed by atoms with Gasteiger partial charge >= 0.3 is 0 Å². The summed E-state index contributed by atoms with van der Waals surface area (Å²) in [6.07, 6.45) is 1.13. The summed E-state index contributed by atoms with van der Waals surface area (Å²) in [5, 5.41) is 7.24. The highest BCUT2D eigenvalue weighted by atomic mass is 35.5. The van der Waals surface area contributed by atoms with Gasteiger partial charge in [0.2, 0.25) is 11.8 Å². The predicted molar refractivity (Wildman–Crippen MR) is 104 cm³/mol. The number of halogens is 2. The highest BCUT2D eigenvalue weighted by Gasteiger charge is 2.35. The van der Waals surface area contributed by atoms with Gasteiger partial charge in [-0.3, -0.25) is 9.59 Å². The summed E-state index contributed by atoms with van der Waals surface area (Å²) < 4.78 is 0. The molecule has 8 heteroatoms. The van der Waals surface area contributed by atoms with E-state index in [0.29, 0.717) is 28.8 Å². The zero-order valence-electron chi connectivity index (χ0n) is 14.6. The summed E-state index contributed by atoms with van der Waals surface area (Å²) in [4.78, 5) is 28.7. The Hall–Kier alpha value is -1.34. The average molecular weight is 399 g/mol. The highest BCUT2D eigenvalue weighted by Crippen LogP contribution is 2.30. The van der Waals surface area contributed by atoms with Gasteiger partial charge in [0.25, 0.3) is 0 Å². The molecule has 0 saturated carbocycles. The number of hydrogen-bond acceptors (Lipinski definition) is 4. The Morgan fingerprint density at radius 2 is 1.88 bits per heavy atom. The lowest BCUT2D eigenvalue weighted by Gasteiger charge is -2.27. The molecule has 2 aliphatic rings. The Bertz CT molecular complexity index is 644. The normalized spacial score (nSPS) is 21.2. The van der Waals surface area contributed by atoms with Crippen molar-refractivity contribution in [2.45, 2.75) is 12.8 Å². The van der Waals surface area contributed by atoms with Gasteiger partial charge in [-0.15, -0.1) is 0 Å². The number of benzene rings is 1. The number of carbonyl (C=O) groups excluding carboxylic acids is 2. The lowest BCUT2D eigenvalue weighted by Crippen LogP contribution is -2.44. The Kier molecular flexibility index (Phi) is 6.75. The summed E-state index contributed by atoms with van der Waals surface area (Å²) >= 11 is 12.0. The van der Waals surface area contributed by atoms with Gasteiger partial charge < -0.3 is 20.4 Å². The van der Waals surface area contributed by atoms with Crippen LogP contribution in [0.3, 0.4) is 0 Å².